The molecule has 3 rings (SSSR count). The first-order valence-electron chi connectivity index (χ1n) is 7.71. The maximum Gasteiger partial charge on any atom is 0.215 e. The van der Waals surface area contributed by atoms with Crippen molar-refractivity contribution in [3.05, 3.63) is 35.9 Å². The van der Waals surface area contributed by atoms with Crippen molar-refractivity contribution in [2.24, 2.45) is 5.92 Å². The summed E-state index contributed by atoms with van der Waals surface area (Å²) in [7, 11) is -1.63. The molecule has 20 heavy (non-hydrogen) atoms. The third kappa shape index (κ3) is 2.98. The van der Waals surface area contributed by atoms with Gasteiger partial charge in [0.1, 0.15) is 0 Å². The van der Waals surface area contributed by atoms with Gasteiger partial charge in [0.2, 0.25) is 8.32 Å². The Balaban J connectivity index is 1.83. The number of rotatable bonds is 3. The molecule has 2 aliphatic rings. The Morgan fingerprint density at radius 1 is 1.15 bits per heavy atom. The van der Waals surface area contributed by atoms with Crippen LogP contribution in [0.5, 0.6) is 0 Å². The lowest BCUT2D eigenvalue weighted by atomic mass is 9.75. The van der Waals surface area contributed by atoms with Crippen molar-refractivity contribution in [3.63, 3.8) is 0 Å². The Hall–Kier alpha value is -0.683. The van der Waals surface area contributed by atoms with E-state index >= 15 is 0 Å². The van der Waals surface area contributed by atoms with E-state index in [0.29, 0.717) is 17.9 Å². The molecule has 4 heteroatoms. The first kappa shape index (κ1) is 14.3. The molecule has 0 bridgehead atoms. The molecule has 1 saturated heterocycles. The van der Waals surface area contributed by atoms with Gasteiger partial charge in [-0.3, -0.25) is 4.84 Å². The van der Waals surface area contributed by atoms with E-state index in [1.807, 2.05) is 5.23 Å². The molecule has 0 spiro atoms. The second kappa shape index (κ2) is 5.60. The van der Waals surface area contributed by atoms with Crippen LogP contribution in [0.2, 0.25) is 19.6 Å². The zero-order valence-electron chi connectivity index (χ0n) is 12.7. The summed E-state index contributed by atoms with van der Waals surface area (Å²) in [5, 5.41) is 1.87. The summed E-state index contributed by atoms with van der Waals surface area (Å²) < 4.78 is 6.17. The van der Waals surface area contributed by atoms with Gasteiger partial charge >= 0.3 is 0 Å². The van der Waals surface area contributed by atoms with Crippen LogP contribution in [0.4, 0.5) is 0 Å². The molecular formula is C16H25NO2Si. The van der Waals surface area contributed by atoms with Crippen LogP contribution >= 0.6 is 0 Å². The third-order valence-electron chi connectivity index (χ3n) is 4.24. The number of fused-ring (bicyclic) bond motifs is 1. The highest BCUT2D eigenvalue weighted by Gasteiger charge is 2.45. The summed E-state index contributed by atoms with van der Waals surface area (Å²) in [6.07, 6.45) is 3.80. The molecule has 110 valence electrons. The lowest BCUT2D eigenvalue weighted by molar-refractivity contribution is -0.314. The maximum atomic E-state index is 6.17. The second-order valence-electron chi connectivity index (χ2n) is 6.98. The van der Waals surface area contributed by atoms with Crippen molar-refractivity contribution >= 4 is 8.32 Å². The number of hydrogen-bond donors (Lipinski definition) is 0. The lowest BCUT2D eigenvalue weighted by Gasteiger charge is -2.38. The van der Waals surface area contributed by atoms with Gasteiger partial charge in [-0.1, -0.05) is 42.0 Å². The van der Waals surface area contributed by atoms with Crippen LogP contribution in [0.3, 0.4) is 0 Å². The fraction of sp³-hybridized carbons (Fsp3) is 0.625. The van der Waals surface area contributed by atoms with E-state index in [4.69, 9.17) is 9.36 Å². The molecule has 3 unspecified atom stereocenters. The van der Waals surface area contributed by atoms with Crippen molar-refractivity contribution in [1.82, 2.24) is 5.23 Å². The summed E-state index contributed by atoms with van der Waals surface area (Å²) in [6.45, 7) is 7.45. The normalized spacial score (nSPS) is 31.2. The first-order valence-corrected chi connectivity index (χ1v) is 11.1. The van der Waals surface area contributed by atoms with Gasteiger partial charge in [-0.25, -0.2) is 0 Å². The molecule has 3 nitrogen and oxygen atoms in total. The van der Waals surface area contributed by atoms with E-state index in [2.05, 4.69) is 50.0 Å². The highest BCUT2D eigenvalue weighted by molar-refractivity contribution is 6.69. The zero-order chi connectivity index (χ0) is 14.2. The van der Waals surface area contributed by atoms with E-state index in [1.54, 1.807) is 0 Å². The van der Waals surface area contributed by atoms with Crippen LogP contribution in [-0.2, 0) is 9.36 Å². The van der Waals surface area contributed by atoms with E-state index < -0.39 is 8.32 Å². The standard InChI is InChI=1S/C16H25NO2Si/c1-20(2,3)19-17-16-14(12-18-17)10-7-11-15(16)13-8-5-4-6-9-13/h4-6,8-9,14-16H,7,10-12H2,1-3H3. The quantitative estimate of drug-likeness (QED) is 0.787. The molecule has 1 heterocycles. The SMILES string of the molecule is C[Si](C)(C)ON1OCC2CCCC(c3ccccc3)C21. The Labute approximate surface area is 122 Å². The molecule has 0 amide bonds. The van der Waals surface area contributed by atoms with Crippen molar-refractivity contribution < 1.29 is 9.36 Å². The molecule has 0 aromatic heterocycles. The third-order valence-corrected chi connectivity index (χ3v) is 4.96. The van der Waals surface area contributed by atoms with Crippen LogP contribution in [-0.4, -0.2) is 26.2 Å². The molecule has 3 atom stereocenters. The van der Waals surface area contributed by atoms with Gasteiger partial charge in [0.15, 0.2) is 0 Å². The van der Waals surface area contributed by atoms with Gasteiger partial charge < -0.3 is 4.53 Å². The van der Waals surface area contributed by atoms with Crippen molar-refractivity contribution in [2.75, 3.05) is 6.61 Å². The van der Waals surface area contributed by atoms with Gasteiger partial charge in [0.25, 0.3) is 0 Å². The topological polar surface area (TPSA) is 21.7 Å². The molecular weight excluding hydrogens is 266 g/mol. The molecule has 1 aromatic carbocycles. The van der Waals surface area contributed by atoms with Crippen LogP contribution in [0.1, 0.15) is 30.7 Å². The van der Waals surface area contributed by atoms with E-state index in [0.717, 1.165) is 6.61 Å². The predicted octanol–water partition coefficient (Wildman–Crippen LogP) is 3.95. The summed E-state index contributed by atoms with van der Waals surface area (Å²) in [4.78, 5) is 5.87. The largest absolute Gasteiger partial charge is 0.321 e. The Kier molecular flexibility index (Phi) is 3.99. The van der Waals surface area contributed by atoms with E-state index in [1.165, 1.54) is 24.8 Å². The monoisotopic (exact) mass is 291 g/mol. The average molecular weight is 291 g/mol. The minimum atomic E-state index is -1.63. The number of hydroxylamine groups is 2. The van der Waals surface area contributed by atoms with Crippen LogP contribution in [0, 0.1) is 5.92 Å². The molecule has 1 saturated carbocycles. The molecule has 0 N–H and O–H groups in total. The summed E-state index contributed by atoms with van der Waals surface area (Å²) in [6, 6.07) is 11.2. The number of benzene rings is 1. The zero-order valence-corrected chi connectivity index (χ0v) is 13.7. The van der Waals surface area contributed by atoms with Crippen molar-refractivity contribution in [3.8, 4) is 0 Å². The molecule has 1 aliphatic carbocycles. The van der Waals surface area contributed by atoms with E-state index in [-0.39, 0.29) is 0 Å². The molecule has 1 aromatic rings. The van der Waals surface area contributed by atoms with E-state index in [9.17, 15) is 0 Å². The van der Waals surface area contributed by atoms with Gasteiger partial charge in [0, 0.05) is 11.8 Å². The predicted molar refractivity (Wildman–Crippen MR) is 82.5 cm³/mol. The van der Waals surface area contributed by atoms with Gasteiger partial charge in [-0.2, -0.15) is 0 Å². The van der Waals surface area contributed by atoms with Crippen LogP contribution in [0.25, 0.3) is 0 Å². The average Bonchev–Trinajstić information content (AvgIpc) is 2.81. The second-order valence-corrected chi connectivity index (χ2v) is 11.4. The summed E-state index contributed by atoms with van der Waals surface area (Å²) >= 11 is 0. The Bertz CT molecular complexity index is 446. The Morgan fingerprint density at radius 2 is 1.90 bits per heavy atom. The molecule has 0 radical (unpaired) electrons. The highest BCUT2D eigenvalue weighted by Crippen LogP contribution is 2.43. The highest BCUT2D eigenvalue weighted by atomic mass is 28.4. The van der Waals surface area contributed by atoms with Crippen LogP contribution in [0.15, 0.2) is 30.3 Å². The first-order chi connectivity index (χ1) is 9.54. The number of nitrogens with zero attached hydrogens (tertiary/aromatic N) is 1. The molecule has 1 aliphatic heterocycles. The van der Waals surface area contributed by atoms with Crippen LogP contribution < -0.4 is 0 Å². The number of hydrogen-bond acceptors (Lipinski definition) is 3. The molecule has 2 fully saturated rings. The summed E-state index contributed by atoms with van der Waals surface area (Å²) in [5.74, 6) is 1.15. The minimum Gasteiger partial charge on any atom is -0.321 e. The smallest absolute Gasteiger partial charge is 0.215 e. The minimum absolute atomic E-state index is 0.387. The van der Waals surface area contributed by atoms with Gasteiger partial charge in [-0.05, 0) is 38.0 Å². The van der Waals surface area contributed by atoms with Crippen molar-refractivity contribution in [2.45, 2.75) is 50.9 Å². The summed E-state index contributed by atoms with van der Waals surface area (Å²) in [5.41, 5.74) is 1.43. The fourth-order valence-corrected chi connectivity index (χ4v) is 4.16. The van der Waals surface area contributed by atoms with Gasteiger partial charge in [-0.15, -0.1) is 0 Å². The maximum absolute atomic E-state index is 6.17. The van der Waals surface area contributed by atoms with Gasteiger partial charge in [0.05, 0.1) is 12.6 Å². The lowest BCUT2D eigenvalue weighted by Crippen LogP contribution is -2.45. The van der Waals surface area contributed by atoms with Crippen molar-refractivity contribution in [1.29, 1.82) is 0 Å². The fourth-order valence-electron chi connectivity index (χ4n) is 3.45. The Morgan fingerprint density at radius 3 is 2.60 bits per heavy atom.